The van der Waals surface area contributed by atoms with Crippen molar-refractivity contribution in [2.75, 3.05) is 20.3 Å². The number of fused-ring (bicyclic) bond motifs is 1. The van der Waals surface area contributed by atoms with Gasteiger partial charge >= 0.3 is 0 Å². The molecule has 5 heteroatoms. The number of methoxy groups -OCH3 is 1. The van der Waals surface area contributed by atoms with E-state index in [0.717, 1.165) is 57.5 Å². The summed E-state index contributed by atoms with van der Waals surface area (Å²) in [5.74, 6) is 1.32. The molecule has 0 radical (unpaired) electrons. The average Bonchev–Trinajstić information content (AvgIpc) is 2.94. The zero-order valence-corrected chi connectivity index (χ0v) is 21.3. The lowest BCUT2D eigenvalue weighted by Crippen LogP contribution is -2.35. The van der Waals surface area contributed by atoms with E-state index in [1.165, 1.54) is 31.4 Å². The van der Waals surface area contributed by atoms with Gasteiger partial charge in [-0.2, -0.15) is 0 Å². The van der Waals surface area contributed by atoms with Crippen LogP contribution >= 0.6 is 0 Å². The van der Waals surface area contributed by atoms with Crippen LogP contribution in [0.4, 0.5) is 4.39 Å². The first-order valence-corrected chi connectivity index (χ1v) is 13.1. The number of aliphatic hydroxyl groups is 1. The van der Waals surface area contributed by atoms with Crippen LogP contribution in [0.2, 0.25) is 0 Å². The molecule has 1 aliphatic rings. The second kappa shape index (κ2) is 11.8. The fourth-order valence-corrected chi connectivity index (χ4v) is 5.21. The van der Waals surface area contributed by atoms with Crippen LogP contribution in [0.3, 0.4) is 0 Å². The highest BCUT2D eigenvalue weighted by Crippen LogP contribution is 2.35. The number of ether oxygens (including phenoxy) is 2. The van der Waals surface area contributed by atoms with Crippen LogP contribution in [0.5, 0.6) is 11.5 Å². The smallest absolute Gasteiger partial charge is 0.123 e. The number of nitrogens with one attached hydrogen (secondary N) is 1. The summed E-state index contributed by atoms with van der Waals surface area (Å²) >= 11 is 0. The van der Waals surface area contributed by atoms with E-state index in [4.69, 9.17) is 9.47 Å². The number of aliphatic hydroxyl groups excluding tert-OH is 1. The molecule has 0 aliphatic carbocycles. The molecule has 0 bridgehead atoms. The van der Waals surface area contributed by atoms with Gasteiger partial charge < -0.3 is 19.9 Å². The third-order valence-corrected chi connectivity index (χ3v) is 7.28. The van der Waals surface area contributed by atoms with Crippen molar-refractivity contribution in [1.29, 1.82) is 0 Å². The molecule has 2 unspecified atom stereocenters. The minimum atomic E-state index is -0.826. The van der Waals surface area contributed by atoms with Gasteiger partial charge in [0, 0.05) is 6.04 Å². The van der Waals surface area contributed by atoms with Crippen LogP contribution in [-0.2, 0) is 6.42 Å². The molecule has 1 heterocycles. The highest BCUT2D eigenvalue weighted by atomic mass is 19.1. The quantitative estimate of drug-likeness (QED) is 0.273. The molecular formula is C32H34FNO3. The Morgan fingerprint density at radius 1 is 0.946 bits per heavy atom. The summed E-state index contributed by atoms with van der Waals surface area (Å²) in [6.07, 6.45) is 4.52. The predicted molar refractivity (Wildman–Crippen MR) is 146 cm³/mol. The lowest BCUT2D eigenvalue weighted by molar-refractivity contribution is 0.220. The van der Waals surface area contributed by atoms with E-state index < -0.39 is 6.10 Å². The first-order chi connectivity index (χ1) is 18.1. The Balaban J connectivity index is 1.39. The van der Waals surface area contributed by atoms with Crippen molar-refractivity contribution in [3.8, 4) is 11.5 Å². The van der Waals surface area contributed by atoms with Crippen LogP contribution < -0.4 is 14.8 Å². The van der Waals surface area contributed by atoms with Crippen molar-refractivity contribution in [2.24, 2.45) is 0 Å². The van der Waals surface area contributed by atoms with E-state index >= 15 is 0 Å². The largest absolute Gasteiger partial charge is 0.497 e. The number of rotatable bonds is 9. The zero-order chi connectivity index (χ0) is 25.6. The van der Waals surface area contributed by atoms with E-state index in [9.17, 15) is 9.50 Å². The number of piperidine rings is 1. The van der Waals surface area contributed by atoms with E-state index in [1.807, 2.05) is 54.6 Å². The minimum Gasteiger partial charge on any atom is -0.497 e. The van der Waals surface area contributed by atoms with Crippen molar-refractivity contribution in [3.63, 3.8) is 0 Å². The summed E-state index contributed by atoms with van der Waals surface area (Å²) in [6, 6.07) is 24.8. The van der Waals surface area contributed by atoms with Crippen molar-refractivity contribution in [2.45, 2.75) is 44.2 Å². The molecule has 2 N–H and O–H groups in total. The van der Waals surface area contributed by atoms with E-state index in [-0.39, 0.29) is 5.82 Å². The Labute approximate surface area is 218 Å². The molecule has 1 fully saturated rings. The van der Waals surface area contributed by atoms with Crippen LogP contribution in [0, 0.1) is 5.82 Å². The number of halogens is 1. The van der Waals surface area contributed by atoms with Crippen LogP contribution in [-0.4, -0.2) is 31.4 Å². The molecule has 192 valence electrons. The van der Waals surface area contributed by atoms with Gasteiger partial charge in [-0.15, -0.1) is 0 Å². The molecule has 2 atom stereocenters. The summed E-state index contributed by atoms with van der Waals surface area (Å²) in [5, 5.41) is 17.1. The van der Waals surface area contributed by atoms with E-state index in [0.29, 0.717) is 19.1 Å². The molecule has 0 saturated carbocycles. The highest BCUT2D eigenvalue weighted by Gasteiger charge is 2.19. The second-order valence-electron chi connectivity index (χ2n) is 9.78. The first kappa shape index (κ1) is 25.2. The normalized spacial score (nSPS) is 16.5. The maximum Gasteiger partial charge on any atom is 0.123 e. The van der Waals surface area contributed by atoms with Gasteiger partial charge in [-0.1, -0.05) is 48.9 Å². The van der Waals surface area contributed by atoms with Crippen LogP contribution in [0.25, 0.3) is 10.8 Å². The maximum atomic E-state index is 13.5. The van der Waals surface area contributed by atoms with Crippen LogP contribution in [0.15, 0.2) is 78.9 Å². The molecule has 1 aliphatic heterocycles. The van der Waals surface area contributed by atoms with Gasteiger partial charge in [0.2, 0.25) is 0 Å². The molecule has 0 amide bonds. The highest BCUT2D eigenvalue weighted by molar-refractivity contribution is 5.89. The third kappa shape index (κ3) is 6.12. The molecule has 5 rings (SSSR count). The van der Waals surface area contributed by atoms with Gasteiger partial charge in [-0.3, -0.25) is 0 Å². The molecule has 0 aromatic heterocycles. The maximum absolute atomic E-state index is 13.5. The Morgan fingerprint density at radius 2 is 1.73 bits per heavy atom. The Hall–Kier alpha value is -3.41. The number of hydrogen-bond acceptors (Lipinski definition) is 4. The van der Waals surface area contributed by atoms with E-state index in [2.05, 4.69) is 5.32 Å². The summed E-state index contributed by atoms with van der Waals surface area (Å²) in [6.45, 7) is 1.77. The molecule has 37 heavy (non-hydrogen) atoms. The summed E-state index contributed by atoms with van der Waals surface area (Å²) in [4.78, 5) is 0. The van der Waals surface area contributed by atoms with E-state index in [1.54, 1.807) is 19.2 Å². The average molecular weight is 500 g/mol. The monoisotopic (exact) mass is 499 g/mol. The lowest BCUT2D eigenvalue weighted by atomic mass is 9.88. The second-order valence-corrected chi connectivity index (χ2v) is 9.78. The van der Waals surface area contributed by atoms with Crippen molar-refractivity contribution >= 4 is 10.8 Å². The van der Waals surface area contributed by atoms with Crippen molar-refractivity contribution in [1.82, 2.24) is 5.32 Å². The van der Waals surface area contributed by atoms with Gasteiger partial charge in [-0.05, 0) is 102 Å². The third-order valence-electron chi connectivity index (χ3n) is 7.28. The zero-order valence-electron chi connectivity index (χ0n) is 21.3. The molecule has 0 spiro atoms. The Kier molecular flexibility index (Phi) is 8.02. The van der Waals surface area contributed by atoms with Crippen LogP contribution in [0.1, 0.15) is 54.0 Å². The topological polar surface area (TPSA) is 50.7 Å². The van der Waals surface area contributed by atoms with Crippen molar-refractivity contribution < 1.29 is 19.0 Å². The van der Waals surface area contributed by atoms with Gasteiger partial charge in [0.05, 0.1) is 13.7 Å². The van der Waals surface area contributed by atoms with Gasteiger partial charge in [0.15, 0.2) is 0 Å². The minimum absolute atomic E-state index is 0.257. The van der Waals surface area contributed by atoms with Crippen molar-refractivity contribution in [3.05, 3.63) is 107 Å². The van der Waals surface area contributed by atoms with Gasteiger partial charge in [0.25, 0.3) is 0 Å². The standard InChI is InChI=1S/C32H34FNO3/c1-36-29-15-16-30-24(21-29)7-8-25(20-22-5-11-26(33)12-6-22)31(30)32(35)23-9-13-28(14-10-23)37-19-17-27-4-2-3-18-34-27/h5-16,21,27,32,34-35H,2-4,17-20H2,1H3. The van der Waals surface area contributed by atoms with Gasteiger partial charge in [-0.25, -0.2) is 4.39 Å². The Morgan fingerprint density at radius 3 is 2.46 bits per heavy atom. The number of benzene rings is 4. The lowest BCUT2D eigenvalue weighted by Gasteiger charge is -2.23. The molecule has 4 aromatic rings. The first-order valence-electron chi connectivity index (χ1n) is 13.1. The molecule has 4 aromatic carbocycles. The SMILES string of the molecule is COc1ccc2c(C(O)c3ccc(OCCC4CCCCN4)cc3)c(Cc3ccc(F)cc3)ccc2c1. The number of hydrogen-bond donors (Lipinski definition) is 2. The summed E-state index contributed by atoms with van der Waals surface area (Å²) in [7, 11) is 1.65. The molecule has 1 saturated heterocycles. The Bertz CT molecular complexity index is 1310. The molecular weight excluding hydrogens is 465 g/mol. The summed E-state index contributed by atoms with van der Waals surface area (Å²) in [5.41, 5.74) is 3.63. The molecule has 4 nitrogen and oxygen atoms in total. The predicted octanol–water partition coefficient (Wildman–Crippen LogP) is 6.57. The fourth-order valence-electron chi connectivity index (χ4n) is 5.21. The summed E-state index contributed by atoms with van der Waals surface area (Å²) < 4.78 is 24.9. The fraction of sp³-hybridized carbons (Fsp3) is 0.312. The van der Waals surface area contributed by atoms with Gasteiger partial charge in [0.1, 0.15) is 23.4 Å².